The molecule has 0 unspecified atom stereocenters. The van der Waals surface area contributed by atoms with Crippen molar-refractivity contribution in [2.24, 2.45) is 29.2 Å². The summed E-state index contributed by atoms with van der Waals surface area (Å²) >= 11 is 0. The zero-order valence-corrected chi connectivity index (χ0v) is 21.9. The van der Waals surface area contributed by atoms with Crippen LogP contribution in [0, 0.1) is 17.8 Å². The highest BCUT2D eigenvalue weighted by atomic mass is 16.5. The number of amides is 5. The van der Waals surface area contributed by atoms with E-state index < -0.39 is 53.6 Å². The summed E-state index contributed by atoms with van der Waals surface area (Å²) in [4.78, 5) is 64.5. The molecule has 0 saturated carbocycles. The van der Waals surface area contributed by atoms with Crippen molar-refractivity contribution in [2.75, 3.05) is 13.1 Å². The predicted molar refractivity (Wildman–Crippen MR) is 133 cm³/mol. The van der Waals surface area contributed by atoms with E-state index >= 15 is 0 Å². The van der Waals surface area contributed by atoms with Crippen LogP contribution in [-0.4, -0.2) is 70.9 Å². The largest absolute Gasteiger partial charge is 0.368 e. The van der Waals surface area contributed by atoms with E-state index in [1.165, 1.54) is 4.90 Å². The second kappa shape index (κ2) is 15.4. The van der Waals surface area contributed by atoms with E-state index in [0.717, 1.165) is 0 Å². The van der Waals surface area contributed by atoms with Gasteiger partial charge in [-0.2, -0.15) is 0 Å². The highest BCUT2D eigenvalue weighted by Crippen LogP contribution is 2.22. The van der Waals surface area contributed by atoms with E-state index in [2.05, 4.69) is 10.6 Å². The number of hydrogen-bond acceptors (Lipinski definition) is 7. The van der Waals surface area contributed by atoms with E-state index in [4.69, 9.17) is 16.7 Å². The number of hydroxylamine groups is 1. The van der Waals surface area contributed by atoms with Crippen LogP contribution in [0.5, 0.6) is 0 Å². The van der Waals surface area contributed by atoms with Crippen molar-refractivity contribution in [1.82, 2.24) is 21.0 Å². The Balaban J connectivity index is 2.97. The number of hydrogen-bond donors (Lipinski definition) is 6. The molecule has 1 rings (SSSR count). The average Bonchev–Trinajstić information content (AvgIpc) is 3.30. The number of unbranched alkanes of at least 4 members (excludes halogenated alkanes) is 1. The summed E-state index contributed by atoms with van der Waals surface area (Å²) < 4.78 is 0. The lowest BCUT2D eigenvalue weighted by molar-refractivity contribution is -0.144. The van der Waals surface area contributed by atoms with Crippen molar-refractivity contribution < 1.29 is 29.2 Å². The molecule has 1 aliphatic rings. The van der Waals surface area contributed by atoms with Gasteiger partial charge in [0.25, 0.3) is 0 Å². The first-order chi connectivity index (χ1) is 16.9. The van der Waals surface area contributed by atoms with E-state index in [9.17, 15) is 24.0 Å². The van der Waals surface area contributed by atoms with Crippen LogP contribution in [0.1, 0.15) is 72.6 Å². The van der Waals surface area contributed by atoms with Crippen LogP contribution in [0.4, 0.5) is 0 Å². The molecule has 206 valence electrons. The van der Waals surface area contributed by atoms with Crippen LogP contribution in [0.3, 0.4) is 0 Å². The molecule has 1 aliphatic heterocycles. The van der Waals surface area contributed by atoms with Gasteiger partial charge in [-0.15, -0.1) is 0 Å². The van der Waals surface area contributed by atoms with Crippen molar-refractivity contribution >= 4 is 29.5 Å². The van der Waals surface area contributed by atoms with Gasteiger partial charge in [0.2, 0.25) is 29.5 Å². The van der Waals surface area contributed by atoms with Crippen LogP contribution >= 0.6 is 0 Å². The minimum Gasteiger partial charge on any atom is -0.368 e. The fourth-order valence-corrected chi connectivity index (χ4v) is 4.43. The number of carbonyl (C=O) groups excluding carboxylic acids is 5. The van der Waals surface area contributed by atoms with Gasteiger partial charge >= 0.3 is 0 Å². The maximum atomic E-state index is 13.5. The molecule has 5 amide bonds. The lowest BCUT2D eigenvalue weighted by atomic mass is 9.92. The van der Waals surface area contributed by atoms with Gasteiger partial charge in [0.15, 0.2) is 0 Å². The summed E-state index contributed by atoms with van der Waals surface area (Å²) in [5, 5.41) is 14.3. The minimum atomic E-state index is -0.908. The molecule has 0 radical (unpaired) electrons. The fraction of sp³-hybridized carbons (Fsp3) is 0.792. The number of likely N-dealkylation sites (tertiary alicyclic amines) is 1. The van der Waals surface area contributed by atoms with E-state index in [-0.39, 0.29) is 18.3 Å². The summed E-state index contributed by atoms with van der Waals surface area (Å²) in [6.45, 7) is 8.19. The normalized spacial score (nSPS) is 18.0. The number of nitrogens with zero attached hydrogens (tertiary/aromatic N) is 1. The molecule has 0 spiro atoms. The first-order valence-corrected chi connectivity index (χ1v) is 12.8. The van der Waals surface area contributed by atoms with Gasteiger partial charge in [0.05, 0.1) is 0 Å². The van der Waals surface area contributed by atoms with Crippen molar-refractivity contribution in [3.05, 3.63) is 0 Å². The van der Waals surface area contributed by atoms with Gasteiger partial charge in [-0.05, 0) is 56.9 Å². The van der Waals surface area contributed by atoms with Gasteiger partial charge in [0.1, 0.15) is 18.1 Å². The first-order valence-electron chi connectivity index (χ1n) is 12.8. The molecule has 1 saturated heterocycles. The Kier molecular flexibility index (Phi) is 13.4. The number of carbonyl (C=O) groups is 5. The number of nitrogens with one attached hydrogen (secondary N) is 3. The Labute approximate surface area is 213 Å². The zero-order chi connectivity index (χ0) is 27.4. The highest BCUT2D eigenvalue weighted by Gasteiger charge is 2.40. The Morgan fingerprint density at radius 1 is 1.06 bits per heavy atom. The van der Waals surface area contributed by atoms with Crippen molar-refractivity contribution in [3.8, 4) is 0 Å². The summed E-state index contributed by atoms with van der Waals surface area (Å²) in [5.74, 6) is -3.56. The molecule has 0 bridgehead atoms. The second-order valence-electron chi connectivity index (χ2n) is 10.2. The van der Waals surface area contributed by atoms with Gasteiger partial charge < -0.3 is 27.0 Å². The minimum absolute atomic E-state index is 0.107. The number of rotatable bonds is 15. The summed E-state index contributed by atoms with van der Waals surface area (Å²) in [6, 6.07) is -2.54. The SMILES string of the molecule is CC(C)C[C@H](CC(=O)NO)C(=O)N[C@H](C(=O)N1CCC[C@H]1C(=O)N[C@@H](CCCCN)C(N)=O)C(C)C. The van der Waals surface area contributed by atoms with Crippen LogP contribution in [0.15, 0.2) is 0 Å². The molecule has 0 aromatic heterocycles. The molecule has 0 aromatic rings. The molecule has 0 aliphatic carbocycles. The monoisotopic (exact) mass is 512 g/mol. The van der Waals surface area contributed by atoms with E-state index in [1.807, 2.05) is 13.8 Å². The van der Waals surface area contributed by atoms with Crippen LogP contribution in [-0.2, 0) is 24.0 Å². The van der Waals surface area contributed by atoms with Gasteiger partial charge in [-0.3, -0.25) is 29.2 Å². The summed E-state index contributed by atoms with van der Waals surface area (Å²) in [6.07, 6.45) is 2.90. The van der Waals surface area contributed by atoms with Gasteiger partial charge in [-0.1, -0.05) is 27.7 Å². The first kappa shape index (κ1) is 31.3. The maximum absolute atomic E-state index is 13.5. The third-order valence-corrected chi connectivity index (χ3v) is 6.36. The fourth-order valence-electron chi connectivity index (χ4n) is 4.43. The molecule has 12 heteroatoms. The summed E-state index contributed by atoms with van der Waals surface area (Å²) in [7, 11) is 0. The van der Waals surface area contributed by atoms with Gasteiger partial charge in [-0.25, -0.2) is 5.48 Å². The molecule has 4 atom stereocenters. The third kappa shape index (κ3) is 9.73. The Morgan fingerprint density at radius 3 is 2.25 bits per heavy atom. The molecule has 12 nitrogen and oxygen atoms in total. The van der Waals surface area contributed by atoms with Crippen LogP contribution in [0.2, 0.25) is 0 Å². The molecule has 1 fully saturated rings. The lowest BCUT2D eigenvalue weighted by Crippen LogP contribution is -2.57. The Morgan fingerprint density at radius 2 is 1.72 bits per heavy atom. The van der Waals surface area contributed by atoms with E-state index in [1.54, 1.807) is 19.3 Å². The predicted octanol–water partition coefficient (Wildman–Crippen LogP) is -0.225. The van der Waals surface area contributed by atoms with Crippen molar-refractivity contribution in [1.29, 1.82) is 0 Å². The van der Waals surface area contributed by atoms with Crippen molar-refractivity contribution in [3.63, 3.8) is 0 Å². The molecule has 8 N–H and O–H groups in total. The molecular formula is C24H44N6O6. The molecule has 1 heterocycles. The maximum Gasteiger partial charge on any atom is 0.246 e. The number of primary amides is 1. The van der Waals surface area contributed by atoms with Gasteiger partial charge in [0, 0.05) is 18.9 Å². The van der Waals surface area contributed by atoms with Crippen LogP contribution in [0.25, 0.3) is 0 Å². The topological polar surface area (TPSA) is 197 Å². The highest BCUT2D eigenvalue weighted by molar-refractivity contribution is 5.95. The molecule has 36 heavy (non-hydrogen) atoms. The molecule has 0 aromatic carbocycles. The lowest BCUT2D eigenvalue weighted by Gasteiger charge is -2.32. The molecular weight excluding hydrogens is 468 g/mol. The quantitative estimate of drug-likeness (QED) is 0.0989. The van der Waals surface area contributed by atoms with Crippen LogP contribution < -0.4 is 27.6 Å². The van der Waals surface area contributed by atoms with Crippen molar-refractivity contribution in [2.45, 2.75) is 90.8 Å². The Bertz CT molecular complexity index is 774. The Hall–Kier alpha value is -2.73. The standard InChI is InChI=1S/C24H44N6O6/c1-14(2)12-16(13-19(31)29-36)22(33)28-20(15(3)4)24(35)30-11-7-9-18(30)23(34)27-17(21(26)32)8-5-6-10-25/h14-18,20,36H,5-13,25H2,1-4H3,(H2,26,32)(H,27,34)(H,28,33)(H,29,31)/t16-,17+,18+,20+/m1/s1. The van der Waals surface area contributed by atoms with E-state index in [0.29, 0.717) is 51.6 Å². The smallest absolute Gasteiger partial charge is 0.246 e. The number of nitrogens with two attached hydrogens (primary N) is 2. The zero-order valence-electron chi connectivity index (χ0n) is 21.9. The summed E-state index contributed by atoms with van der Waals surface area (Å²) in [5.41, 5.74) is 12.5. The second-order valence-corrected chi connectivity index (χ2v) is 10.2. The average molecular weight is 513 g/mol. The third-order valence-electron chi connectivity index (χ3n) is 6.36.